The number of hydrogen-bond acceptors (Lipinski definition) is 5. The number of nitrogens with two attached hydrogens (primary N) is 2. The molecule has 0 heterocycles. The molecule has 9 heteroatoms. The lowest BCUT2D eigenvalue weighted by molar-refractivity contribution is 0.0995. The number of primary amides is 1. The van der Waals surface area contributed by atoms with Crippen molar-refractivity contribution in [3.05, 3.63) is 51.1 Å². The number of nitrogens with one attached hydrogen (secondary N) is 1. The second kappa shape index (κ2) is 9.10. The summed E-state index contributed by atoms with van der Waals surface area (Å²) in [5.41, 5.74) is 10.6. The zero-order valence-electron chi connectivity index (χ0n) is 13.6. The molecule has 6 N–H and O–H groups in total. The van der Waals surface area contributed by atoms with Gasteiger partial charge in [0.2, 0.25) is 0 Å². The summed E-state index contributed by atoms with van der Waals surface area (Å²) in [6.45, 7) is 0.0491. The van der Waals surface area contributed by atoms with E-state index in [2.05, 4.69) is 5.32 Å². The van der Waals surface area contributed by atoms with Crippen molar-refractivity contribution in [1.82, 2.24) is 0 Å². The van der Waals surface area contributed by atoms with E-state index in [4.69, 9.17) is 16.2 Å². The van der Waals surface area contributed by atoms with Gasteiger partial charge in [-0.25, -0.2) is 8.78 Å². The van der Waals surface area contributed by atoms with E-state index in [1.54, 1.807) is 6.07 Å². The maximum atomic E-state index is 14.1. The maximum absolute atomic E-state index is 14.1. The van der Waals surface area contributed by atoms with Gasteiger partial charge in [-0.2, -0.15) is 0 Å². The van der Waals surface area contributed by atoms with Gasteiger partial charge in [0.25, 0.3) is 5.91 Å². The Bertz CT molecular complexity index is 805. The highest BCUT2D eigenvalue weighted by atomic mass is 127. The molecule has 2 aromatic rings. The molecule has 6 nitrogen and oxygen atoms in total. The topological polar surface area (TPSA) is 111 Å². The molecule has 0 saturated carbocycles. The van der Waals surface area contributed by atoms with Crippen molar-refractivity contribution in [2.45, 2.75) is 12.5 Å². The molecule has 1 atom stereocenters. The summed E-state index contributed by atoms with van der Waals surface area (Å²) < 4.78 is 34.1. The van der Waals surface area contributed by atoms with Crippen LogP contribution in [0.3, 0.4) is 0 Å². The van der Waals surface area contributed by atoms with Gasteiger partial charge in [-0.05, 0) is 46.9 Å². The van der Waals surface area contributed by atoms with Crippen LogP contribution < -0.4 is 21.5 Å². The van der Waals surface area contributed by atoms with Crippen molar-refractivity contribution in [3.8, 4) is 5.75 Å². The minimum atomic E-state index is -0.868. The predicted octanol–water partition coefficient (Wildman–Crippen LogP) is 2.50. The van der Waals surface area contributed by atoms with Crippen LogP contribution in [0.4, 0.5) is 20.2 Å². The van der Waals surface area contributed by atoms with Crippen molar-refractivity contribution in [1.29, 1.82) is 0 Å². The lowest BCUT2D eigenvalue weighted by Crippen LogP contribution is -2.22. The van der Waals surface area contributed by atoms with E-state index >= 15 is 0 Å². The van der Waals surface area contributed by atoms with Crippen molar-refractivity contribution in [2.75, 3.05) is 18.5 Å². The van der Waals surface area contributed by atoms with Gasteiger partial charge in [0.1, 0.15) is 22.9 Å². The number of carbonyl (C=O) groups excluding carboxylic acids is 1. The van der Waals surface area contributed by atoms with Crippen LogP contribution >= 0.6 is 22.6 Å². The molecular formula is C17H18F2IN3O3. The van der Waals surface area contributed by atoms with Crippen LogP contribution in [0.1, 0.15) is 16.8 Å². The molecule has 0 unspecified atom stereocenters. The Hall–Kier alpha value is -1.98. The number of carbonyl (C=O) groups is 1. The third-order valence-corrected chi connectivity index (χ3v) is 4.17. The highest BCUT2D eigenvalue weighted by Crippen LogP contribution is 2.31. The van der Waals surface area contributed by atoms with Crippen LogP contribution in [0.15, 0.2) is 30.3 Å². The molecule has 0 aliphatic heterocycles. The van der Waals surface area contributed by atoms with E-state index in [1.807, 2.05) is 22.6 Å². The standard InChI is InChI=1S/C17H18F2IN3O3/c18-9-5-14(23-13-2-1-10(20)7-12(13)19)16(17(22)25)15(6-9)26-4-3-11(24)8-21/h1-2,5-7,11,23-24H,3-4,8,21H2,(H2,22,25)/t11-/m1/s1. The summed E-state index contributed by atoms with van der Waals surface area (Å²) in [5.74, 6) is -2.23. The Labute approximate surface area is 162 Å². The molecule has 0 radical (unpaired) electrons. The Balaban J connectivity index is 2.34. The average molecular weight is 477 g/mol. The van der Waals surface area contributed by atoms with Crippen LogP contribution in [0.5, 0.6) is 5.75 Å². The molecule has 0 aliphatic carbocycles. The normalized spacial score (nSPS) is 11.9. The van der Waals surface area contributed by atoms with Crippen molar-refractivity contribution in [3.63, 3.8) is 0 Å². The van der Waals surface area contributed by atoms with Gasteiger partial charge in [-0.3, -0.25) is 4.79 Å². The Kier molecular flexibility index (Phi) is 7.12. The first-order valence-corrected chi connectivity index (χ1v) is 8.76. The molecule has 0 saturated heterocycles. The van der Waals surface area contributed by atoms with E-state index in [0.29, 0.717) is 3.57 Å². The lowest BCUT2D eigenvalue weighted by atomic mass is 10.1. The van der Waals surface area contributed by atoms with E-state index in [1.165, 1.54) is 12.1 Å². The van der Waals surface area contributed by atoms with Crippen molar-refractivity contribution < 1.29 is 23.4 Å². The summed E-state index contributed by atoms with van der Waals surface area (Å²) in [5, 5.41) is 12.1. The van der Waals surface area contributed by atoms with Gasteiger partial charge < -0.3 is 26.6 Å². The average Bonchev–Trinajstić information content (AvgIpc) is 2.56. The van der Waals surface area contributed by atoms with Crippen molar-refractivity contribution >= 4 is 39.9 Å². The first-order chi connectivity index (χ1) is 12.3. The van der Waals surface area contributed by atoms with E-state index in [9.17, 15) is 18.7 Å². The Morgan fingerprint density at radius 2 is 2.00 bits per heavy atom. The number of benzene rings is 2. The minimum absolute atomic E-state index is 0.000562. The number of halogens is 3. The molecule has 0 bridgehead atoms. The molecule has 0 aromatic heterocycles. The number of amides is 1. The molecule has 1 amide bonds. The number of rotatable bonds is 8. The molecule has 0 spiro atoms. The highest BCUT2D eigenvalue weighted by Gasteiger charge is 2.19. The quantitative estimate of drug-likeness (QED) is 0.437. The molecule has 0 aliphatic rings. The second-order valence-corrected chi connectivity index (χ2v) is 6.71. The largest absolute Gasteiger partial charge is 0.492 e. The van der Waals surface area contributed by atoms with Gasteiger partial charge in [0.05, 0.1) is 24.1 Å². The molecule has 140 valence electrons. The summed E-state index contributed by atoms with van der Waals surface area (Å²) in [6, 6.07) is 6.44. The smallest absolute Gasteiger partial charge is 0.254 e. The minimum Gasteiger partial charge on any atom is -0.492 e. The number of aliphatic hydroxyl groups is 1. The van der Waals surface area contributed by atoms with E-state index in [-0.39, 0.29) is 42.3 Å². The van der Waals surface area contributed by atoms with E-state index in [0.717, 1.165) is 12.1 Å². The fourth-order valence-electron chi connectivity index (χ4n) is 2.21. The summed E-state index contributed by atoms with van der Waals surface area (Å²) in [4.78, 5) is 11.9. The Morgan fingerprint density at radius 3 is 2.62 bits per heavy atom. The lowest BCUT2D eigenvalue weighted by Gasteiger charge is -2.16. The molecule has 0 fully saturated rings. The van der Waals surface area contributed by atoms with Gasteiger partial charge in [-0.1, -0.05) is 0 Å². The monoisotopic (exact) mass is 477 g/mol. The van der Waals surface area contributed by atoms with Gasteiger partial charge in [0, 0.05) is 22.6 Å². The van der Waals surface area contributed by atoms with Crippen LogP contribution in [0.25, 0.3) is 0 Å². The molecule has 26 heavy (non-hydrogen) atoms. The van der Waals surface area contributed by atoms with E-state index < -0.39 is 23.6 Å². The second-order valence-electron chi connectivity index (χ2n) is 5.47. The van der Waals surface area contributed by atoms with Crippen LogP contribution in [0, 0.1) is 15.2 Å². The Morgan fingerprint density at radius 1 is 1.27 bits per heavy atom. The van der Waals surface area contributed by atoms with Crippen molar-refractivity contribution in [2.24, 2.45) is 11.5 Å². The maximum Gasteiger partial charge on any atom is 0.254 e. The fourth-order valence-corrected chi connectivity index (χ4v) is 2.66. The summed E-state index contributed by atoms with van der Waals surface area (Å²) in [6.07, 6.45) is -0.584. The first kappa shape index (κ1) is 20.3. The zero-order valence-corrected chi connectivity index (χ0v) is 15.8. The van der Waals surface area contributed by atoms with Crippen LogP contribution in [-0.2, 0) is 0 Å². The van der Waals surface area contributed by atoms with Crippen LogP contribution in [-0.4, -0.2) is 30.3 Å². The van der Waals surface area contributed by atoms with Gasteiger partial charge >= 0.3 is 0 Å². The number of aliphatic hydroxyl groups excluding tert-OH is 1. The third kappa shape index (κ3) is 5.26. The summed E-state index contributed by atoms with van der Waals surface area (Å²) >= 11 is 1.95. The third-order valence-electron chi connectivity index (χ3n) is 3.49. The predicted molar refractivity (Wildman–Crippen MR) is 102 cm³/mol. The SMILES string of the molecule is NC[C@H](O)CCOc1cc(F)cc(Nc2ccc(I)cc2F)c1C(N)=O. The van der Waals surface area contributed by atoms with Gasteiger partial charge in [-0.15, -0.1) is 0 Å². The number of ether oxygens (including phenoxy) is 1. The summed E-state index contributed by atoms with van der Waals surface area (Å²) in [7, 11) is 0. The molecule has 2 aromatic carbocycles. The molecule has 2 rings (SSSR count). The van der Waals surface area contributed by atoms with Crippen LogP contribution in [0.2, 0.25) is 0 Å². The molecular weight excluding hydrogens is 459 g/mol. The zero-order chi connectivity index (χ0) is 19.3. The number of hydrogen-bond donors (Lipinski definition) is 4. The number of anilines is 2. The fraction of sp³-hybridized carbons (Fsp3) is 0.235. The highest BCUT2D eigenvalue weighted by molar-refractivity contribution is 14.1. The first-order valence-electron chi connectivity index (χ1n) is 7.68. The van der Waals surface area contributed by atoms with Gasteiger partial charge in [0.15, 0.2) is 0 Å².